The van der Waals surface area contributed by atoms with Gasteiger partial charge in [0.2, 0.25) is 0 Å². The Balaban J connectivity index is 1.65. The summed E-state index contributed by atoms with van der Waals surface area (Å²) in [6.07, 6.45) is 5.63. The first kappa shape index (κ1) is 14.3. The molecule has 0 amide bonds. The van der Waals surface area contributed by atoms with Gasteiger partial charge in [-0.1, -0.05) is 6.92 Å². The fourth-order valence-corrected chi connectivity index (χ4v) is 3.22. The Morgan fingerprint density at radius 2 is 1.94 bits per heavy atom. The van der Waals surface area contributed by atoms with E-state index in [1.165, 1.54) is 45.3 Å². The van der Waals surface area contributed by atoms with Crippen molar-refractivity contribution >= 4 is 0 Å². The third kappa shape index (κ3) is 4.22. The highest BCUT2D eigenvalue weighted by atomic mass is 16.5. The molecule has 2 aliphatic heterocycles. The first-order valence-electron chi connectivity index (χ1n) is 7.70. The van der Waals surface area contributed by atoms with Gasteiger partial charge in [-0.25, -0.2) is 0 Å². The van der Waals surface area contributed by atoms with Crippen molar-refractivity contribution < 1.29 is 4.74 Å². The van der Waals surface area contributed by atoms with Crippen molar-refractivity contribution in [2.24, 2.45) is 5.92 Å². The summed E-state index contributed by atoms with van der Waals surface area (Å²) in [5.41, 5.74) is 0.119. The average Bonchev–Trinajstić information content (AvgIpc) is 2.68. The highest BCUT2D eigenvalue weighted by Crippen LogP contribution is 2.30. The second-order valence-corrected chi connectivity index (χ2v) is 6.59. The highest BCUT2D eigenvalue weighted by molar-refractivity contribution is 4.84. The fraction of sp³-hybridized carbons (Fsp3) is 1.00. The van der Waals surface area contributed by atoms with E-state index in [2.05, 4.69) is 31.0 Å². The van der Waals surface area contributed by atoms with Crippen LogP contribution in [0.2, 0.25) is 0 Å². The topological polar surface area (TPSA) is 24.5 Å². The molecule has 0 aliphatic carbocycles. The first-order chi connectivity index (χ1) is 8.59. The zero-order chi connectivity index (χ0) is 13.0. The van der Waals surface area contributed by atoms with Crippen LogP contribution in [0.5, 0.6) is 0 Å². The van der Waals surface area contributed by atoms with Crippen LogP contribution in [0.4, 0.5) is 0 Å². The molecule has 2 fully saturated rings. The van der Waals surface area contributed by atoms with E-state index in [0.29, 0.717) is 6.10 Å². The molecule has 18 heavy (non-hydrogen) atoms. The predicted octanol–water partition coefficient (Wildman–Crippen LogP) is 2.27. The second-order valence-electron chi connectivity index (χ2n) is 6.59. The van der Waals surface area contributed by atoms with Gasteiger partial charge in [-0.2, -0.15) is 0 Å². The van der Waals surface area contributed by atoms with Crippen LogP contribution in [0, 0.1) is 5.92 Å². The van der Waals surface area contributed by atoms with E-state index in [0.717, 1.165) is 19.0 Å². The van der Waals surface area contributed by atoms with Crippen molar-refractivity contribution in [3.05, 3.63) is 0 Å². The maximum atomic E-state index is 6.09. The first-order valence-corrected chi connectivity index (χ1v) is 7.70. The fourth-order valence-electron chi connectivity index (χ4n) is 3.22. The van der Waals surface area contributed by atoms with Gasteiger partial charge in [0.05, 0.1) is 11.7 Å². The average molecular weight is 254 g/mol. The highest BCUT2D eigenvalue weighted by Gasteiger charge is 2.33. The van der Waals surface area contributed by atoms with E-state index in [9.17, 15) is 0 Å². The molecule has 2 saturated heterocycles. The van der Waals surface area contributed by atoms with Crippen LogP contribution in [-0.4, -0.2) is 49.3 Å². The van der Waals surface area contributed by atoms with E-state index >= 15 is 0 Å². The molecule has 0 spiro atoms. The number of hydrogen-bond donors (Lipinski definition) is 1. The molecule has 0 saturated carbocycles. The normalized spacial score (nSPS) is 29.8. The van der Waals surface area contributed by atoms with Gasteiger partial charge >= 0.3 is 0 Å². The van der Waals surface area contributed by atoms with Crippen molar-refractivity contribution in [3.63, 3.8) is 0 Å². The third-order valence-corrected chi connectivity index (χ3v) is 4.41. The smallest absolute Gasteiger partial charge is 0.0710 e. The summed E-state index contributed by atoms with van der Waals surface area (Å²) < 4.78 is 6.09. The van der Waals surface area contributed by atoms with E-state index in [4.69, 9.17) is 4.74 Å². The summed E-state index contributed by atoms with van der Waals surface area (Å²) in [4.78, 5) is 2.61. The molecule has 2 rings (SSSR count). The zero-order valence-electron chi connectivity index (χ0n) is 12.4. The van der Waals surface area contributed by atoms with E-state index in [1.54, 1.807) is 0 Å². The Kier molecular flexibility index (Phi) is 5.05. The molecule has 0 aromatic carbocycles. The van der Waals surface area contributed by atoms with E-state index in [-0.39, 0.29) is 5.60 Å². The lowest BCUT2D eigenvalue weighted by molar-refractivity contribution is -0.0319. The Labute approximate surface area is 112 Å². The Bertz CT molecular complexity index is 247. The standard InChI is InChI=1S/C15H30N2O/c1-4-16-11-13-6-9-17(10-7-13)12-14-5-8-15(2,3)18-14/h13-14,16H,4-12H2,1-3H3. The van der Waals surface area contributed by atoms with Gasteiger partial charge < -0.3 is 15.0 Å². The van der Waals surface area contributed by atoms with Gasteiger partial charge in [0, 0.05) is 6.54 Å². The van der Waals surface area contributed by atoms with E-state index in [1.807, 2.05) is 0 Å². The SMILES string of the molecule is CCNCC1CCN(CC2CCC(C)(C)O2)CC1. The van der Waals surface area contributed by atoms with Crippen LogP contribution in [-0.2, 0) is 4.74 Å². The molecular weight excluding hydrogens is 224 g/mol. The summed E-state index contributed by atoms with van der Waals surface area (Å²) in [5, 5.41) is 3.47. The van der Waals surface area contributed by atoms with E-state index < -0.39 is 0 Å². The van der Waals surface area contributed by atoms with Crippen LogP contribution < -0.4 is 5.32 Å². The number of nitrogens with one attached hydrogen (secondary N) is 1. The molecule has 0 bridgehead atoms. The Hall–Kier alpha value is -0.120. The molecule has 1 N–H and O–H groups in total. The zero-order valence-corrected chi connectivity index (χ0v) is 12.4. The molecule has 0 aromatic heterocycles. The van der Waals surface area contributed by atoms with Gasteiger partial charge in [-0.05, 0) is 71.6 Å². The maximum Gasteiger partial charge on any atom is 0.0710 e. The number of piperidine rings is 1. The van der Waals surface area contributed by atoms with Crippen LogP contribution in [0.25, 0.3) is 0 Å². The van der Waals surface area contributed by atoms with Gasteiger partial charge in [0.25, 0.3) is 0 Å². The van der Waals surface area contributed by atoms with Crippen molar-refractivity contribution in [1.82, 2.24) is 10.2 Å². The molecule has 3 heteroatoms. The number of nitrogens with zero attached hydrogens (tertiary/aromatic N) is 1. The minimum atomic E-state index is 0.119. The summed E-state index contributed by atoms with van der Waals surface area (Å²) in [6, 6.07) is 0. The second kappa shape index (κ2) is 6.36. The van der Waals surface area contributed by atoms with Gasteiger partial charge in [-0.3, -0.25) is 0 Å². The molecule has 0 aromatic rings. The summed E-state index contributed by atoms with van der Waals surface area (Å²) in [6.45, 7) is 12.6. The molecule has 1 atom stereocenters. The molecule has 0 radical (unpaired) electrons. The number of hydrogen-bond acceptors (Lipinski definition) is 3. The van der Waals surface area contributed by atoms with Crippen molar-refractivity contribution in [2.45, 2.75) is 58.2 Å². The number of ether oxygens (including phenoxy) is 1. The van der Waals surface area contributed by atoms with Crippen molar-refractivity contribution in [1.29, 1.82) is 0 Å². The lowest BCUT2D eigenvalue weighted by Crippen LogP contribution is -2.41. The summed E-state index contributed by atoms with van der Waals surface area (Å²) in [7, 11) is 0. The monoisotopic (exact) mass is 254 g/mol. The minimum absolute atomic E-state index is 0.119. The maximum absolute atomic E-state index is 6.09. The Morgan fingerprint density at radius 1 is 1.22 bits per heavy atom. The largest absolute Gasteiger partial charge is 0.371 e. The van der Waals surface area contributed by atoms with Crippen molar-refractivity contribution in [2.75, 3.05) is 32.7 Å². The molecule has 1 unspecified atom stereocenters. The lowest BCUT2D eigenvalue weighted by atomic mass is 9.96. The predicted molar refractivity (Wildman–Crippen MR) is 75.9 cm³/mol. The van der Waals surface area contributed by atoms with Gasteiger partial charge in [0.15, 0.2) is 0 Å². The Morgan fingerprint density at radius 3 is 2.50 bits per heavy atom. The minimum Gasteiger partial charge on any atom is -0.371 e. The quantitative estimate of drug-likeness (QED) is 0.814. The molecule has 2 heterocycles. The summed E-state index contributed by atoms with van der Waals surface area (Å²) >= 11 is 0. The lowest BCUT2D eigenvalue weighted by Gasteiger charge is -2.33. The molecule has 3 nitrogen and oxygen atoms in total. The molecule has 2 aliphatic rings. The molecular formula is C15H30N2O. The van der Waals surface area contributed by atoms with Crippen LogP contribution in [0.3, 0.4) is 0 Å². The van der Waals surface area contributed by atoms with Crippen LogP contribution >= 0.6 is 0 Å². The third-order valence-electron chi connectivity index (χ3n) is 4.41. The van der Waals surface area contributed by atoms with Crippen molar-refractivity contribution in [3.8, 4) is 0 Å². The van der Waals surface area contributed by atoms with Gasteiger partial charge in [-0.15, -0.1) is 0 Å². The number of likely N-dealkylation sites (tertiary alicyclic amines) is 1. The summed E-state index contributed by atoms with van der Waals surface area (Å²) in [5.74, 6) is 0.891. The van der Waals surface area contributed by atoms with Crippen LogP contribution in [0.15, 0.2) is 0 Å². The molecule has 106 valence electrons. The van der Waals surface area contributed by atoms with Gasteiger partial charge in [0.1, 0.15) is 0 Å². The van der Waals surface area contributed by atoms with Crippen LogP contribution in [0.1, 0.15) is 46.5 Å². The number of rotatable bonds is 5.